The van der Waals surface area contributed by atoms with Crippen LogP contribution in [0, 0.1) is 0 Å². The molecule has 0 aliphatic heterocycles. The Hall–Kier alpha value is -0.780. The van der Waals surface area contributed by atoms with E-state index in [9.17, 15) is 4.79 Å². The first-order chi connectivity index (χ1) is 9.65. The van der Waals surface area contributed by atoms with Crippen LogP contribution in [-0.2, 0) is 6.54 Å². The molecule has 0 spiro atoms. The van der Waals surface area contributed by atoms with Gasteiger partial charge in [-0.15, -0.1) is 24.0 Å². The Labute approximate surface area is 136 Å². The van der Waals surface area contributed by atoms with Gasteiger partial charge >= 0.3 is 0 Å². The van der Waals surface area contributed by atoms with Crippen LogP contribution in [-0.4, -0.2) is 16.8 Å². The first-order valence-electron chi connectivity index (χ1n) is 6.47. The van der Waals surface area contributed by atoms with Gasteiger partial charge < -0.3 is 4.90 Å². The van der Waals surface area contributed by atoms with E-state index >= 15 is 0 Å². The predicted molar refractivity (Wildman–Crippen MR) is 88.6 cm³/mol. The van der Waals surface area contributed by atoms with E-state index in [0.717, 1.165) is 22.2 Å². The molecule has 0 unspecified atom stereocenters. The first kappa shape index (κ1) is 14.2. The smallest absolute Gasteiger partial charge is 0.255 e. The average Bonchev–Trinajstić information content (AvgIpc) is 3.15. The fourth-order valence-corrected chi connectivity index (χ4v) is 3.48. The van der Waals surface area contributed by atoms with Gasteiger partial charge in [-0.1, -0.05) is 6.07 Å². The number of thiol groups is 1. The zero-order valence-electron chi connectivity index (χ0n) is 10.8. The fourth-order valence-electron chi connectivity index (χ4n) is 2.16. The Kier molecular flexibility index (Phi) is 4.19. The van der Waals surface area contributed by atoms with Crippen LogP contribution in [0.2, 0.25) is 0 Å². The van der Waals surface area contributed by atoms with Gasteiger partial charge in [-0.05, 0) is 58.4 Å². The van der Waals surface area contributed by atoms with Gasteiger partial charge in [-0.2, -0.15) is 0 Å². The van der Waals surface area contributed by atoms with Crippen LogP contribution in [0.15, 0.2) is 45.1 Å². The molecule has 1 fully saturated rings. The summed E-state index contributed by atoms with van der Waals surface area (Å²) in [6.07, 6.45) is 2.21. The van der Waals surface area contributed by atoms with E-state index in [4.69, 9.17) is 0 Å². The van der Waals surface area contributed by atoms with Gasteiger partial charge in [0.05, 0.1) is 12.1 Å². The van der Waals surface area contributed by atoms with Gasteiger partial charge in [0, 0.05) is 20.3 Å². The molecule has 0 radical (unpaired) electrons. The molecule has 1 aromatic carbocycles. The number of hydrogen-bond donors (Lipinski definition) is 1. The molecule has 20 heavy (non-hydrogen) atoms. The van der Waals surface area contributed by atoms with Crippen molar-refractivity contribution in [2.45, 2.75) is 30.3 Å². The monoisotopic (exact) mass is 367 g/mol. The lowest BCUT2D eigenvalue weighted by Crippen LogP contribution is -2.32. The van der Waals surface area contributed by atoms with Crippen LogP contribution < -0.4 is 0 Å². The highest BCUT2D eigenvalue weighted by Gasteiger charge is 2.33. The number of nitrogens with zero attached hydrogens (tertiary/aromatic N) is 1. The van der Waals surface area contributed by atoms with E-state index in [1.54, 1.807) is 11.3 Å². The molecule has 5 heteroatoms. The van der Waals surface area contributed by atoms with Crippen LogP contribution in [0.5, 0.6) is 0 Å². The molecule has 1 heterocycles. The third-order valence-corrected chi connectivity index (χ3v) is 5.17. The van der Waals surface area contributed by atoms with Crippen molar-refractivity contribution >= 4 is 45.8 Å². The molecule has 1 aliphatic rings. The molecule has 3 rings (SSSR count). The van der Waals surface area contributed by atoms with Gasteiger partial charge in [-0.25, -0.2) is 0 Å². The first-order valence-corrected chi connectivity index (χ1v) is 8.59. The maximum atomic E-state index is 12.8. The Balaban J connectivity index is 1.87. The summed E-state index contributed by atoms with van der Waals surface area (Å²) in [6, 6.07) is 10.1. The van der Waals surface area contributed by atoms with Gasteiger partial charge in [0.15, 0.2) is 0 Å². The molecule has 2 aromatic rings. The summed E-state index contributed by atoms with van der Waals surface area (Å²) < 4.78 is 0.831. The van der Waals surface area contributed by atoms with E-state index in [1.807, 2.05) is 29.2 Å². The Bertz CT molecular complexity index is 623. The lowest BCUT2D eigenvalue weighted by molar-refractivity contribution is 0.0730. The normalized spacial score (nSPS) is 14.3. The average molecular weight is 368 g/mol. The predicted octanol–water partition coefficient (Wildman–Crippen LogP) is 4.60. The molecule has 0 atom stereocenters. The van der Waals surface area contributed by atoms with Crippen molar-refractivity contribution in [2.75, 3.05) is 0 Å². The molecule has 1 aliphatic carbocycles. The summed E-state index contributed by atoms with van der Waals surface area (Å²) in [4.78, 5) is 16.8. The molecule has 0 N–H and O–H groups in total. The van der Waals surface area contributed by atoms with Crippen LogP contribution in [0.25, 0.3) is 0 Å². The standard InChI is InChI=1S/C15H14BrNOS2/c16-14-6-5-11(19)8-13(14)15(18)17(10-3-4-10)9-12-2-1-7-20-12/h1-2,5-8,10,19H,3-4,9H2. The highest BCUT2D eigenvalue weighted by Crippen LogP contribution is 2.32. The van der Waals surface area contributed by atoms with Crippen LogP contribution >= 0.6 is 39.9 Å². The van der Waals surface area contributed by atoms with Crippen molar-refractivity contribution in [3.05, 3.63) is 50.6 Å². The van der Waals surface area contributed by atoms with Crippen LogP contribution in [0.3, 0.4) is 0 Å². The van der Waals surface area contributed by atoms with E-state index in [1.165, 1.54) is 4.88 Å². The Morgan fingerprint density at radius 3 is 2.85 bits per heavy atom. The van der Waals surface area contributed by atoms with Gasteiger partial charge in [0.25, 0.3) is 5.91 Å². The second-order valence-electron chi connectivity index (χ2n) is 4.91. The number of carbonyl (C=O) groups is 1. The van der Waals surface area contributed by atoms with Crippen LogP contribution in [0.4, 0.5) is 0 Å². The zero-order chi connectivity index (χ0) is 14.1. The van der Waals surface area contributed by atoms with Gasteiger partial charge in [-0.3, -0.25) is 4.79 Å². The SMILES string of the molecule is O=C(c1cc(S)ccc1Br)N(Cc1cccs1)C1CC1. The van der Waals surface area contributed by atoms with Crippen molar-refractivity contribution in [2.24, 2.45) is 0 Å². The van der Waals surface area contributed by atoms with Gasteiger partial charge in [0.1, 0.15) is 0 Å². The van der Waals surface area contributed by atoms with E-state index in [2.05, 4.69) is 40.0 Å². The molecule has 1 aromatic heterocycles. The molecule has 0 bridgehead atoms. The molecule has 2 nitrogen and oxygen atoms in total. The number of amides is 1. The van der Waals surface area contributed by atoms with Crippen molar-refractivity contribution < 1.29 is 4.79 Å². The lowest BCUT2D eigenvalue weighted by atomic mass is 10.2. The van der Waals surface area contributed by atoms with E-state index in [0.29, 0.717) is 18.2 Å². The lowest BCUT2D eigenvalue weighted by Gasteiger charge is -2.22. The Morgan fingerprint density at radius 2 is 2.20 bits per heavy atom. The number of carbonyl (C=O) groups excluding carboxylic acids is 1. The summed E-state index contributed by atoms with van der Waals surface area (Å²) in [6.45, 7) is 0.699. The van der Waals surface area contributed by atoms with Gasteiger partial charge in [0.2, 0.25) is 0 Å². The molecule has 1 amide bonds. The largest absolute Gasteiger partial charge is 0.330 e. The molecule has 0 saturated heterocycles. The molecular weight excluding hydrogens is 354 g/mol. The summed E-state index contributed by atoms with van der Waals surface area (Å²) in [5.74, 6) is 0.0867. The second-order valence-corrected chi connectivity index (χ2v) is 7.31. The van der Waals surface area contributed by atoms with Crippen molar-refractivity contribution in [3.8, 4) is 0 Å². The molecule has 1 saturated carbocycles. The third-order valence-electron chi connectivity index (χ3n) is 3.34. The summed E-state index contributed by atoms with van der Waals surface area (Å²) in [5, 5.41) is 2.05. The quantitative estimate of drug-likeness (QED) is 0.782. The summed E-state index contributed by atoms with van der Waals surface area (Å²) >= 11 is 9.50. The fraction of sp³-hybridized carbons (Fsp3) is 0.267. The minimum Gasteiger partial charge on any atom is -0.330 e. The van der Waals surface area contributed by atoms with Crippen molar-refractivity contribution in [1.29, 1.82) is 0 Å². The number of rotatable bonds is 4. The minimum absolute atomic E-state index is 0.0867. The minimum atomic E-state index is 0.0867. The van der Waals surface area contributed by atoms with Crippen molar-refractivity contribution in [3.63, 3.8) is 0 Å². The zero-order valence-corrected chi connectivity index (χ0v) is 14.0. The number of halogens is 1. The third kappa shape index (κ3) is 3.10. The van der Waals surface area contributed by atoms with E-state index < -0.39 is 0 Å². The van der Waals surface area contributed by atoms with Crippen molar-refractivity contribution in [1.82, 2.24) is 4.90 Å². The highest BCUT2D eigenvalue weighted by atomic mass is 79.9. The number of hydrogen-bond acceptors (Lipinski definition) is 3. The summed E-state index contributed by atoms with van der Waals surface area (Å²) in [7, 11) is 0. The second kappa shape index (κ2) is 5.92. The Morgan fingerprint density at radius 1 is 1.40 bits per heavy atom. The number of benzene rings is 1. The number of thiophene rings is 1. The topological polar surface area (TPSA) is 20.3 Å². The van der Waals surface area contributed by atoms with E-state index in [-0.39, 0.29) is 5.91 Å². The summed E-state index contributed by atoms with van der Waals surface area (Å²) in [5.41, 5.74) is 0.695. The maximum Gasteiger partial charge on any atom is 0.255 e. The van der Waals surface area contributed by atoms with Crippen LogP contribution in [0.1, 0.15) is 28.1 Å². The molecule has 104 valence electrons. The highest BCUT2D eigenvalue weighted by molar-refractivity contribution is 9.10. The molecular formula is C15H14BrNOS2. The maximum absolute atomic E-state index is 12.8.